The second-order valence-electron chi connectivity index (χ2n) is 8.59. The molecule has 0 aliphatic carbocycles. The number of ether oxygens (including phenoxy) is 1. The monoisotopic (exact) mass is 462 g/mol. The summed E-state index contributed by atoms with van der Waals surface area (Å²) in [6, 6.07) is 27.7. The van der Waals surface area contributed by atoms with E-state index in [0.717, 1.165) is 44.7 Å². The summed E-state index contributed by atoms with van der Waals surface area (Å²) in [6.07, 6.45) is 0. The predicted molar refractivity (Wildman–Crippen MR) is 139 cm³/mol. The van der Waals surface area contributed by atoms with E-state index in [1.807, 2.05) is 110 Å². The van der Waals surface area contributed by atoms with Gasteiger partial charge in [0.2, 0.25) is 5.88 Å². The molecule has 6 nitrogen and oxygen atoms in total. The van der Waals surface area contributed by atoms with Crippen LogP contribution in [0.2, 0.25) is 0 Å². The van der Waals surface area contributed by atoms with Gasteiger partial charge in [-0.3, -0.25) is 4.79 Å². The number of carbonyl (C=O) groups excluding carboxylic acids is 1. The zero-order chi connectivity index (χ0) is 24.4. The highest BCUT2D eigenvalue weighted by atomic mass is 16.5. The van der Waals surface area contributed by atoms with Crippen molar-refractivity contribution in [1.82, 2.24) is 14.8 Å². The van der Waals surface area contributed by atoms with Gasteiger partial charge in [-0.1, -0.05) is 66.2 Å². The number of nitrogens with one attached hydrogen (secondary N) is 1. The molecule has 1 N–H and O–H groups in total. The van der Waals surface area contributed by atoms with Crippen LogP contribution < -0.4 is 10.1 Å². The van der Waals surface area contributed by atoms with Gasteiger partial charge in [-0.2, -0.15) is 10.1 Å². The van der Waals surface area contributed by atoms with Crippen molar-refractivity contribution < 1.29 is 9.53 Å². The average molecular weight is 463 g/mol. The topological polar surface area (TPSA) is 69.0 Å². The van der Waals surface area contributed by atoms with E-state index < -0.39 is 0 Å². The number of rotatable bonds is 6. The van der Waals surface area contributed by atoms with Crippen molar-refractivity contribution in [3.05, 3.63) is 102 Å². The number of amides is 1. The van der Waals surface area contributed by atoms with Gasteiger partial charge in [0.25, 0.3) is 5.91 Å². The minimum Gasteiger partial charge on any atom is -0.467 e. The molecule has 3 aromatic carbocycles. The second kappa shape index (κ2) is 9.43. The fraction of sp³-hybridized carbons (Fsp3) is 0.138. The largest absolute Gasteiger partial charge is 0.467 e. The van der Waals surface area contributed by atoms with E-state index in [-0.39, 0.29) is 12.5 Å². The van der Waals surface area contributed by atoms with E-state index in [1.165, 1.54) is 0 Å². The zero-order valence-corrected chi connectivity index (χ0v) is 19.9. The van der Waals surface area contributed by atoms with Crippen molar-refractivity contribution in [3.63, 3.8) is 0 Å². The zero-order valence-electron chi connectivity index (χ0n) is 19.9. The van der Waals surface area contributed by atoms with Crippen LogP contribution in [0.3, 0.4) is 0 Å². The van der Waals surface area contributed by atoms with E-state index in [2.05, 4.69) is 5.32 Å². The molecule has 0 saturated carbocycles. The molecule has 0 atom stereocenters. The first kappa shape index (κ1) is 22.3. The Morgan fingerprint density at radius 1 is 0.886 bits per heavy atom. The standard InChI is InChI=1S/C29H26N4O2/c1-19-14-15-24(20(2)16-19)30-25(34)18-35-26-17-21(3)27-28(22-10-6-4-7-11-22)32-33(29(27)31-26)23-12-8-5-9-13-23/h4-17H,18H2,1-3H3,(H,30,34). The minimum atomic E-state index is -0.238. The predicted octanol–water partition coefficient (Wildman–Crippen LogP) is 6.03. The molecule has 0 aliphatic heterocycles. The highest BCUT2D eigenvalue weighted by Gasteiger charge is 2.19. The molecule has 0 spiro atoms. The smallest absolute Gasteiger partial charge is 0.262 e. The lowest BCUT2D eigenvalue weighted by atomic mass is 10.1. The van der Waals surface area contributed by atoms with Gasteiger partial charge in [-0.05, 0) is 50.1 Å². The molecule has 0 bridgehead atoms. The van der Waals surface area contributed by atoms with Crippen LogP contribution in [0.25, 0.3) is 28.0 Å². The van der Waals surface area contributed by atoms with Crippen LogP contribution in [0, 0.1) is 20.8 Å². The quantitative estimate of drug-likeness (QED) is 0.334. The molecule has 5 aromatic rings. The Morgan fingerprint density at radius 3 is 2.31 bits per heavy atom. The summed E-state index contributed by atoms with van der Waals surface area (Å²) in [5, 5.41) is 8.78. The molecular weight excluding hydrogens is 436 g/mol. The van der Waals surface area contributed by atoms with Gasteiger partial charge in [0.1, 0.15) is 5.69 Å². The number of fused-ring (bicyclic) bond motifs is 1. The molecule has 0 radical (unpaired) electrons. The van der Waals surface area contributed by atoms with Gasteiger partial charge in [-0.25, -0.2) is 4.68 Å². The highest BCUT2D eigenvalue weighted by molar-refractivity contribution is 5.95. The van der Waals surface area contributed by atoms with E-state index in [9.17, 15) is 4.79 Å². The van der Waals surface area contributed by atoms with Crippen LogP contribution in [0.1, 0.15) is 16.7 Å². The number of carbonyl (C=O) groups is 1. The number of para-hydroxylation sites is 1. The van der Waals surface area contributed by atoms with Crippen LogP contribution in [-0.2, 0) is 4.79 Å². The third-order valence-electron chi connectivity index (χ3n) is 5.87. The van der Waals surface area contributed by atoms with Crippen molar-refractivity contribution in [1.29, 1.82) is 0 Å². The number of benzene rings is 3. The lowest BCUT2D eigenvalue weighted by molar-refractivity contribution is -0.118. The van der Waals surface area contributed by atoms with Crippen LogP contribution >= 0.6 is 0 Å². The number of anilines is 1. The number of pyridine rings is 1. The molecule has 6 heteroatoms. The third-order valence-corrected chi connectivity index (χ3v) is 5.87. The molecule has 2 heterocycles. The van der Waals surface area contributed by atoms with Crippen molar-refractivity contribution >= 4 is 22.6 Å². The van der Waals surface area contributed by atoms with Gasteiger partial charge in [0, 0.05) is 17.3 Å². The van der Waals surface area contributed by atoms with Gasteiger partial charge in [0.05, 0.1) is 11.1 Å². The van der Waals surface area contributed by atoms with Gasteiger partial charge < -0.3 is 10.1 Å². The number of aromatic nitrogens is 3. The Kier molecular flexibility index (Phi) is 6.02. The molecule has 174 valence electrons. The third kappa shape index (κ3) is 4.64. The molecule has 2 aromatic heterocycles. The SMILES string of the molecule is Cc1ccc(NC(=O)COc2cc(C)c3c(-c4ccccc4)nn(-c4ccccc4)c3n2)c(C)c1. The van der Waals surface area contributed by atoms with Crippen molar-refractivity contribution in [3.8, 4) is 22.8 Å². The van der Waals surface area contributed by atoms with Gasteiger partial charge >= 0.3 is 0 Å². The Labute approximate surface area is 204 Å². The maximum Gasteiger partial charge on any atom is 0.262 e. The summed E-state index contributed by atoms with van der Waals surface area (Å²) in [5.41, 5.74) is 7.35. The molecule has 0 unspecified atom stereocenters. The maximum absolute atomic E-state index is 12.6. The van der Waals surface area contributed by atoms with E-state index in [4.69, 9.17) is 14.8 Å². The Morgan fingerprint density at radius 2 is 1.60 bits per heavy atom. The maximum atomic E-state index is 12.6. The molecule has 5 rings (SSSR count). The number of hydrogen-bond donors (Lipinski definition) is 1. The van der Waals surface area contributed by atoms with Gasteiger partial charge in [-0.15, -0.1) is 0 Å². The van der Waals surface area contributed by atoms with E-state index in [0.29, 0.717) is 11.5 Å². The van der Waals surface area contributed by atoms with Crippen molar-refractivity contribution in [2.75, 3.05) is 11.9 Å². The first-order valence-electron chi connectivity index (χ1n) is 11.5. The summed E-state index contributed by atoms with van der Waals surface area (Å²) >= 11 is 0. The Bertz CT molecular complexity index is 1510. The number of nitrogens with zero attached hydrogens (tertiary/aromatic N) is 3. The molecule has 35 heavy (non-hydrogen) atoms. The van der Waals surface area contributed by atoms with Crippen LogP contribution in [0.15, 0.2) is 84.9 Å². The minimum absolute atomic E-state index is 0.143. The normalized spacial score (nSPS) is 10.9. The van der Waals surface area contributed by atoms with Crippen LogP contribution in [0.4, 0.5) is 5.69 Å². The first-order chi connectivity index (χ1) is 17.0. The number of hydrogen-bond acceptors (Lipinski definition) is 4. The summed E-state index contributed by atoms with van der Waals surface area (Å²) in [4.78, 5) is 17.3. The Balaban J connectivity index is 1.48. The molecule has 0 aliphatic rings. The lowest BCUT2D eigenvalue weighted by Gasteiger charge is -2.11. The highest BCUT2D eigenvalue weighted by Crippen LogP contribution is 2.33. The molecule has 0 saturated heterocycles. The van der Waals surface area contributed by atoms with E-state index >= 15 is 0 Å². The number of aryl methyl sites for hydroxylation is 3. The fourth-order valence-electron chi connectivity index (χ4n) is 4.17. The summed E-state index contributed by atoms with van der Waals surface area (Å²) < 4.78 is 7.66. The van der Waals surface area contributed by atoms with Crippen molar-refractivity contribution in [2.24, 2.45) is 0 Å². The molecule has 1 amide bonds. The van der Waals surface area contributed by atoms with Crippen LogP contribution in [-0.4, -0.2) is 27.3 Å². The average Bonchev–Trinajstić information content (AvgIpc) is 3.26. The lowest BCUT2D eigenvalue weighted by Crippen LogP contribution is -2.21. The van der Waals surface area contributed by atoms with Crippen molar-refractivity contribution in [2.45, 2.75) is 20.8 Å². The Hall–Kier alpha value is -4.45. The van der Waals surface area contributed by atoms with E-state index in [1.54, 1.807) is 0 Å². The fourth-order valence-corrected chi connectivity index (χ4v) is 4.17. The summed E-state index contributed by atoms with van der Waals surface area (Å²) in [5.74, 6) is 0.139. The first-order valence-corrected chi connectivity index (χ1v) is 11.5. The molecule has 0 fully saturated rings. The summed E-state index contributed by atoms with van der Waals surface area (Å²) in [6.45, 7) is 5.86. The van der Waals surface area contributed by atoms with Crippen LogP contribution in [0.5, 0.6) is 5.88 Å². The summed E-state index contributed by atoms with van der Waals surface area (Å²) in [7, 11) is 0. The van der Waals surface area contributed by atoms with Gasteiger partial charge in [0.15, 0.2) is 12.3 Å². The second-order valence-corrected chi connectivity index (χ2v) is 8.59. The molecular formula is C29H26N4O2.